The first-order chi connectivity index (χ1) is 31.3. The second kappa shape index (κ2) is 16.2. The van der Waals surface area contributed by atoms with Gasteiger partial charge in [-0.2, -0.15) is 0 Å². The molecule has 0 aromatic heterocycles. The summed E-state index contributed by atoms with van der Waals surface area (Å²) < 4.78 is 0. The van der Waals surface area contributed by atoms with Gasteiger partial charge >= 0.3 is 0 Å². The number of fused-ring (bicyclic) bond motifs is 5. The summed E-state index contributed by atoms with van der Waals surface area (Å²) in [5, 5.41) is 0. The van der Waals surface area contributed by atoms with E-state index in [9.17, 15) is 0 Å². The average molecular weight is 817 g/mol. The van der Waals surface area contributed by atoms with Crippen molar-refractivity contribution in [1.82, 2.24) is 9.80 Å². The summed E-state index contributed by atoms with van der Waals surface area (Å²) in [6.45, 7) is 0. The summed E-state index contributed by atoms with van der Waals surface area (Å²) in [4.78, 5) is 5.53. The van der Waals surface area contributed by atoms with Crippen molar-refractivity contribution in [3.8, 4) is 11.1 Å². The molecule has 4 aromatic rings. The van der Waals surface area contributed by atoms with Crippen molar-refractivity contribution in [3.63, 3.8) is 0 Å². The molecule has 0 bridgehead atoms. The Balaban J connectivity index is 0.924. The Morgan fingerprint density at radius 1 is 0.540 bits per heavy atom. The maximum Gasteiger partial charge on any atom is 0.0714 e. The standard InChI is InChI=1S/C61H56N2/c1-6-19-43(20-7-1)45-35-39-54-57(41-45)61(46-21-8-2-9-22-46,47-23-10-3-11-24-47)56-31-18-30-52(60(54)56)44-33-36-50(37-34-44)62(48-25-12-4-13-26-48)51-38-40-59-55(42-51)53-29-16-17-32-58(53)63(59)49-27-14-5-15-28-49/h2-4,6,8-14,17-25,27-28,30-36,38-41,48,50-51,53,58H,1,5,7,15-16,26,29,37,42H2. The Bertz CT molecular complexity index is 2760. The van der Waals surface area contributed by atoms with E-state index in [0.717, 1.165) is 44.9 Å². The normalized spacial score (nSPS) is 26.0. The van der Waals surface area contributed by atoms with Crippen LogP contribution in [-0.4, -0.2) is 34.0 Å². The summed E-state index contributed by atoms with van der Waals surface area (Å²) in [6, 6.07) is 38.4. The third-order valence-corrected chi connectivity index (χ3v) is 15.3. The van der Waals surface area contributed by atoms with Crippen LogP contribution in [0.15, 0.2) is 217 Å². The number of nitrogens with zero attached hydrogens (tertiary/aromatic N) is 2. The number of hydrogen-bond acceptors (Lipinski definition) is 2. The van der Waals surface area contributed by atoms with Crippen LogP contribution in [0.3, 0.4) is 0 Å². The second-order valence-corrected chi connectivity index (χ2v) is 18.6. The van der Waals surface area contributed by atoms with Gasteiger partial charge in [0, 0.05) is 35.4 Å². The summed E-state index contributed by atoms with van der Waals surface area (Å²) >= 11 is 0. The highest BCUT2D eigenvalue weighted by Crippen LogP contribution is 2.58. The number of hydrogen-bond donors (Lipinski definition) is 0. The molecule has 0 spiro atoms. The van der Waals surface area contributed by atoms with E-state index < -0.39 is 5.41 Å². The van der Waals surface area contributed by atoms with Crippen LogP contribution in [-0.2, 0) is 5.41 Å². The average Bonchev–Trinajstić information content (AvgIpc) is 3.86. The first-order valence-corrected chi connectivity index (χ1v) is 23.8. The van der Waals surface area contributed by atoms with Gasteiger partial charge in [0.25, 0.3) is 0 Å². The van der Waals surface area contributed by atoms with Gasteiger partial charge in [-0.25, -0.2) is 0 Å². The minimum atomic E-state index is -0.453. The monoisotopic (exact) mass is 816 g/mol. The molecule has 12 rings (SSSR count). The van der Waals surface area contributed by atoms with Crippen LogP contribution in [0, 0.1) is 5.92 Å². The predicted octanol–water partition coefficient (Wildman–Crippen LogP) is 14.1. The Labute approximate surface area is 374 Å². The van der Waals surface area contributed by atoms with Gasteiger partial charge in [0.15, 0.2) is 0 Å². The SMILES string of the molecule is C1=CCC(N(C2C=CC(c3cccc4c3-c3ccc(C5=CCCC=C5)cc3C4(c3ccccc3)c3ccccc3)=CC2)C2C=CC3=C(C2)C2CCC=CC2N3C2=CCCC=C2)C=C1. The van der Waals surface area contributed by atoms with Gasteiger partial charge in [-0.1, -0.05) is 182 Å². The van der Waals surface area contributed by atoms with E-state index in [1.807, 2.05) is 0 Å². The molecule has 2 heteroatoms. The zero-order valence-electron chi connectivity index (χ0n) is 36.2. The van der Waals surface area contributed by atoms with Crippen molar-refractivity contribution in [2.24, 2.45) is 5.92 Å². The van der Waals surface area contributed by atoms with Gasteiger partial charge in [-0.05, 0) is 137 Å². The molecule has 8 aliphatic rings. The van der Waals surface area contributed by atoms with E-state index in [-0.39, 0.29) is 0 Å². The van der Waals surface area contributed by atoms with Gasteiger partial charge in [-0.15, -0.1) is 0 Å². The van der Waals surface area contributed by atoms with E-state index in [1.165, 1.54) is 79.9 Å². The van der Waals surface area contributed by atoms with Crippen LogP contribution in [0.5, 0.6) is 0 Å². The quantitative estimate of drug-likeness (QED) is 0.144. The van der Waals surface area contributed by atoms with Crippen molar-refractivity contribution >= 4 is 11.1 Å². The van der Waals surface area contributed by atoms with Crippen molar-refractivity contribution in [3.05, 3.63) is 251 Å². The highest BCUT2D eigenvalue weighted by Gasteiger charge is 2.48. The summed E-state index contributed by atoms with van der Waals surface area (Å²) in [7, 11) is 0. The molecule has 310 valence electrons. The van der Waals surface area contributed by atoms with E-state index in [0.29, 0.717) is 30.1 Å². The molecule has 5 unspecified atom stereocenters. The molecule has 5 atom stereocenters. The van der Waals surface area contributed by atoms with Crippen LogP contribution in [0.1, 0.15) is 91.2 Å². The van der Waals surface area contributed by atoms with Crippen molar-refractivity contribution in [1.29, 1.82) is 0 Å². The van der Waals surface area contributed by atoms with Crippen LogP contribution < -0.4 is 0 Å². The molecule has 0 N–H and O–H groups in total. The fourth-order valence-corrected chi connectivity index (χ4v) is 12.5. The van der Waals surface area contributed by atoms with Crippen molar-refractivity contribution in [2.75, 3.05) is 0 Å². The molecular formula is C61H56N2. The highest BCUT2D eigenvalue weighted by molar-refractivity contribution is 5.96. The molecule has 4 aromatic carbocycles. The van der Waals surface area contributed by atoms with E-state index in [4.69, 9.17) is 0 Å². The molecule has 0 saturated heterocycles. The van der Waals surface area contributed by atoms with Gasteiger partial charge in [0.1, 0.15) is 0 Å². The molecule has 0 saturated carbocycles. The summed E-state index contributed by atoms with van der Waals surface area (Å²) in [6.07, 6.45) is 51.2. The molecule has 0 fully saturated rings. The largest absolute Gasteiger partial charge is 0.334 e. The van der Waals surface area contributed by atoms with Crippen LogP contribution in [0.25, 0.3) is 22.3 Å². The minimum absolute atomic E-state index is 0.298. The second-order valence-electron chi connectivity index (χ2n) is 18.6. The van der Waals surface area contributed by atoms with E-state index >= 15 is 0 Å². The number of benzene rings is 4. The Morgan fingerprint density at radius 3 is 2.06 bits per heavy atom. The lowest BCUT2D eigenvalue weighted by atomic mass is 9.67. The fraction of sp³-hybridized carbons (Fsp3) is 0.246. The van der Waals surface area contributed by atoms with Gasteiger partial charge < -0.3 is 4.90 Å². The maximum atomic E-state index is 2.86. The Hall–Kier alpha value is -6.22. The molecule has 63 heavy (non-hydrogen) atoms. The highest BCUT2D eigenvalue weighted by atomic mass is 15.2. The van der Waals surface area contributed by atoms with Crippen LogP contribution in [0.2, 0.25) is 0 Å². The lowest BCUT2D eigenvalue weighted by molar-refractivity contribution is 0.147. The van der Waals surface area contributed by atoms with Crippen LogP contribution in [0.4, 0.5) is 0 Å². The van der Waals surface area contributed by atoms with E-state index in [2.05, 4.69) is 210 Å². The Kier molecular flexibility index (Phi) is 9.86. The molecule has 2 nitrogen and oxygen atoms in total. The zero-order chi connectivity index (χ0) is 41.7. The third-order valence-electron chi connectivity index (χ3n) is 15.3. The lowest BCUT2D eigenvalue weighted by Gasteiger charge is -2.43. The Morgan fingerprint density at radius 2 is 1.33 bits per heavy atom. The van der Waals surface area contributed by atoms with Crippen molar-refractivity contribution < 1.29 is 0 Å². The van der Waals surface area contributed by atoms with Gasteiger partial charge in [-0.3, -0.25) is 4.90 Å². The molecule has 7 aliphatic carbocycles. The number of rotatable bonds is 8. The minimum Gasteiger partial charge on any atom is -0.334 e. The smallest absolute Gasteiger partial charge is 0.0714 e. The summed E-state index contributed by atoms with van der Waals surface area (Å²) in [5.74, 6) is 0.583. The molecular weight excluding hydrogens is 761 g/mol. The molecule has 1 aliphatic heterocycles. The third kappa shape index (κ3) is 6.40. The lowest BCUT2D eigenvalue weighted by Crippen LogP contribution is -2.48. The topological polar surface area (TPSA) is 6.48 Å². The predicted molar refractivity (Wildman–Crippen MR) is 263 cm³/mol. The van der Waals surface area contributed by atoms with Gasteiger partial charge in [0.05, 0.1) is 11.5 Å². The maximum absolute atomic E-state index is 2.86. The number of allylic oxidation sites excluding steroid dienone is 13. The molecule has 0 radical (unpaired) electrons. The van der Waals surface area contributed by atoms with E-state index in [1.54, 1.807) is 5.57 Å². The summed E-state index contributed by atoms with van der Waals surface area (Å²) in [5.41, 5.74) is 17.4. The molecule has 0 amide bonds. The van der Waals surface area contributed by atoms with Gasteiger partial charge in [0.2, 0.25) is 0 Å². The molecule has 1 heterocycles. The van der Waals surface area contributed by atoms with Crippen molar-refractivity contribution in [2.45, 2.75) is 87.4 Å². The zero-order valence-corrected chi connectivity index (χ0v) is 36.2. The first-order valence-electron chi connectivity index (χ1n) is 23.8. The first kappa shape index (κ1) is 38.5. The van der Waals surface area contributed by atoms with Crippen LogP contribution >= 0.6 is 0 Å². The fourth-order valence-electron chi connectivity index (χ4n) is 12.5.